The van der Waals surface area contributed by atoms with Crippen molar-refractivity contribution >= 4 is 21.4 Å². The maximum atomic E-state index is 12.0. The second-order valence-electron chi connectivity index (χ2n) is 4.25. The molecule has 2 rings (SSSR count). The van der Waals surface area contributed by atoms with E-state index in [1.54, 1.807) is 6.20 Å². The largest absolute Gasteiger partial charge is 0.283 e. The molecule has 0 spiro atoms. The molecule has 0 saturated carbocycles. The molecule has 106 valence electrons. The third kappa shape index (κ3) is 3.45. The summed E-state index contributed by atoms with van der Waals surface area (Å²) in [5.41, 5.74) is 2.09. The fourth-order valence-corrected chi connectivity index (χ4v) is 3.93. The van der Waals surface area contributed by atoms with Crippen molar-refractivity contribution < 1.29 is 8.42 Å². The lowest BCUT2D eigenvalue weighted by Gasteiger charge is -2.04. The highest BCUT2D eigenvalue weighted by molar-refractivity contribution is 7.91. The predicted molar refractivity (Wildman–Crippen MR) is 75.9 cm³/mol. The first-order valence-electron chi connectivity index (χ1n) is 6.01. The van der Waals surface area contributed by atoms with E-state index in [1.165, 1.54) is 12.1 Å². The average molecular weight is 310 g/mol. The number of rotatable bonds is 6. The number of nitrogens with zero attached hydrogens (tertiary/aromatic N) is 2. The van der Waals surface area contributed by atoms with Crippen LogP contribution < -0.4 is 4.72 Å². The van der Waals surface area contributed by atoms with E-state index in [2.05, 4.69) is 14.9 Å². The zero-order valence-electron chi connectivity index (χ0n) is 10.9. The summed E-state index contributed by atoms with van der Waals surface area (Å²) in [5, 5.41) is 15.5. The smallest absolute Gasteiger partial charge is 0.250 e. The molecule has 0 amide bonds. The van der Waals surface area contributed by atoms with Crippen LogP contribution >= 0.6 is 11.3 Å². The van der Waals surface area contributed by atoms with Crippen LogP contribution in [0.1, 0.15) is 22.6 Å². The number of thiophene rings is 1. The van der Waals surface area contributed by atoms with E-state index in [4.69, 9.17) is 5.26 Å². The maximum Gasteiger partial charge on any atom is 0.250 e. The topological polar surface area (TPSA) is 98.6 Å². The molecule has 0 aliphatic rings. The molecule has 8 heteroatoms. The molecule has 0 aromatic carbocycles. The molecule has 2 heterocycles. The molecule has 0 atom stereocenters. The molecule has 0 unspecified atom stereocenters. The van der Waals surface area contributed by atoms with Gasteiger partial charge in [-0.1, -0.05) is 0 Å². The lowest BCUT2D eigenvalue weighted by molar-refractivity contribution is 0.581. The zero-order valence-corrected chi connectivity index (χ0v) is 12.5. The van der Waals surface area contributed by atoms with Crippen molar-refractivity contribution in [2.45, 2.75) is 24.0 Å². The van der Waals surface area contributed by atoms with Gasteiger partial charge in [0.15, 0.2) is 0 Å². The summed E-state index contributed by atoms with van der Waals surface area (Å²) in [6.45, 7) is 2.29. The van der Waals surface area contributed by atoms with Crippen molar-refractivity contribution in [3.63, 3.8) is 0 Å². The summed E-state index contributed by atoms with van der Waals surface area (Å²) in [4.78, 5) is 0.388. The molecule has 0 aliphatic carbocycles. The SMILES string of the molecule is Cc1[nH]ncc1CCCNS(=O)(=O)c1ccc(C#N)s1. The molecule has 2 aromatic heterocycles. The molecule has 0 radical (unpaired) electrons. The van der Waals surface area contributed by atoms with Gasteiger partial charge >= 0.3 is 0 Å². The number of aryl methyl sites for hydroxylation is 2. The zero-order chi connectivity index (χ0) is 14.6. The fourth-order valence-electron chi connectivity index (χ4n) is 1.71. The van der Waals surface area contributed by atoms with E-state index in [9.17, 15) is 8.42 Å². The van der Waals surface area contributed by atoms with Crippen LogP contribution in [0.15, 0.2) is 22.5 Å². The number of aromatic amines is 1. The Morgan fingerprint density at radius 1 is 1.50 bits per heavy atom. The van der Waals surface area contributed by atoms with Crippen molar-refractivity contribution in [2.75, 3.05) is 6.54 Å². The molecule has 0 saturated heterocycles. The Kier molecular flexibility index (Phi) is 4.54. The molecule has 0 bridgehead atoms. The van der Waals surface area contributed by atoms with Gasteiger partial charge in [0.2, 0.25) is 10.0 Å². The number of H-pyrrole nitrogens is 1. The van der Waals surface area contributed by atoms with Gasteiger partial charge in [-0.15, -0.1) is 11.3 Å². The number of hydrogen-bond donors (Lipinski definition) is 2. The first-order valence-corrected chi connectivity index (χ1v) is 8.31. The Bertz CT molecular complexity index is 725. The second kappa shape index (κ2) is 6.17. The standard InChI is InChI=1S/C12H14N4O2S2/c1-9-10(8-14-16-9)3-2-6-15-20(17,18)12-5-4-11(7-13)19-12/h4-5,8,15H,2-3,6H2,1H3,(H,14,16). The number of aromatic nitrogens is 2. The highest BCUT2D eigenvalue weighted by atomic mass is 32.2. The first-order chi connectivity index (χ1) is 9.53. The lowest BCUT2D eigenvalue weighted by Crippen LogP contribution is -2.24. The molecular formula is C12H14N4O2S2. The van der Waals surface area contributed by atoms with Crippen LogP contribution in [0.4, 0.5) is 0 Å². The minimum atomic E-state index is -3.51. The van der Waals surface area contributed by atoms with Crippen LogP contribution in [0.2, 0.25) is 0 Å². The van der Waals surface area contributed by atoms with Crippen molar-refractivity contribution in [3.05, 3.63) is 34.5 Å². The third-order valence-corrected chi connectivity index (χ3v) is 5.75. The monoisotopic (exact) mass is 310 g/mol. The highest BCUT2D eigenvalue weighted by Gasteiger charge is 2.16. The van der Waals surface area contributed by atoms with E-state index in [1.807, 2.05) is 13.0 Å². The summed E-state index contributed by atoms with van der Waals surface area (Å²) in [7, 11) is -3.51. The molecule has 6 nitrogen and oxygen atoms in total. The van der Waals surface area contributed by atoms with Gasteiger partial charge < -0.3 is 0 Å². The molecule has 0 fully saturated rings. The summed E-state index contributed by atoms with van der Waals surface area (Å²) in [6, 6.07) is 4.89. The van der Waals surface area contributed by atoms with Gasteiger partial charge in [-0.2, -0.15) is 10.4 Å². The molecule has 0 aliphatic heterocycles. The Morgan fingerprint density at radius 2 is 2.30 bits per heavy atom. The number of nitriles is 1. The summed E-state index contributed by atoms with van der Waals surface area (Å²) in [6.07, 6.45) is 3.21. The van der Waals surface area contributed by atoms with Gasteiger partial charge in [0, 0.05) is 12.2 Å². The van der Waals surface area contributed by atoms with Crippen LogP contribution in [0, 0.1) is 18.3 Å². The van der Waals surface area contributed by atoms with E-state index < -0.39 is 10.0 Å². The van der Waals surface area contributed by atoms with E-state index in [0.717, 1.165) is 29.0 Å². The van der Waals surface area contributed by atoms with Crippen LogP contribution in [-0.4, -0.2) is 25.2 Å². The van der Waals surface area contributed by atoms with Gasteiger partial charge in [-0.05, 0) is 37.5 Å². The summed E-state index contributed by atoms with van der Waals surface area (Å²) < 4.78 is 26.6. The van der Waals surface area contributed by atoms with Crippen LogP contribution in [0.3, 0.4) is 0 Å². The number of nitrogens with one attached hydrogen (secondary N) is 2. The minimum absolute atomic E-state index is 0.175. The van der Waals surface area contributed by atoms with Gasteiger partial charge in [0.25, 0.3) is 0 Å². The molecule has 2 aromatic rings. The third-order valence-electron chi connectivity index (χ3n) is 2.81. The van der Waals surface area contributed by atoms with Gasteiger partial charge in [0.1, 0.15) is 15.2 Å². The van der Waals surface area contributed by atoms with Crippen LogP contribution in [-0.2, 0) is 16.4 Å². The number of sulfonamides is 1. The van der Waals surface area contributed by atoms with Crippen LogP contribution in [0.25, 0.3) is 0 Å². The highest BCUT2D eigenvalue weighted by Crippen LogP contribution is 2.20. The molecule has 20 heavy (non-hydrogen) atoms. The van der Waals surface area contributed by atoms with E-state index >= 15 is 0 Å². The molecule has 2 N–H and O–H groups in total. The van der Waals surface area contributed by atoms with Crippen molar-refractivity contribution in [1.82, 2.24) is 14.9 Å². The quantitative estimate of drug-likeness (QED) is 0.791. The van der Waals surface area contributed by atoms with E-state index in [-0.39, 0.29) is 4.21 Å². The molecular weight excluding hydrogens is 296 g/mol. The van der Waals surface area contributed by atoms with Gasteiger partial charge in [-0.25, -0.2) is 13.1 Å². The van der Waals surface area contributed by atoms with E-state index in [0.29, 0.717) is 17.8 Å². The van der Waals surface area contributed by atoms with Crippen molar-refractivity contribution in [2.24, 2.45) is 0 Å². The Morgan fingerprint density at radius 3 is 2.90 bits per heavy atom. The second-order valence-corrected chi connectivity index (χ2v) is 7.33. The minimum Gasteiger partial charge on any atom is -0.283 e. The average Bonchev–Trinajstić information content (AvgIpc) is 3.04. The van der Waals surface area contributed by atoms with Gasteiger partial charge in [-0.3, -0.25) is 5.10 Å². The van der Waals surface area contributed by atoms with Crippen molar-refractivity contribution in [1.29, 1.82) is 5.26 Å². The lowest BCUT2D eigenvalue weighted by atomic mass is 10.1. The first kappa shape index (κ1) is 14.7. The maximum absolute atomic E-state index is 12.0. The van der Waals surface area contributed by atoms with Gasteiger partial charge in [0.05, 0.1) is 6.20 Å². The summed E-state index contributed by atoms with van der Waals surface area (Å²) >= 11 is 0.971. The Hall–Kier alpha value is -1.69. The Labute approximate surface area is 121 Å². The van der Waals surface area contributed by atoms with Crippen LogP contribution in [0.5, 0.6) is 0 Å². The predicted octanol–water partition coefficient (Wildman–Crippen LogP) is 1.56. The van der Waals surface area contributed by atoms with Crippen molar-refractivity contribution in [3.8, 4) is 6.07 Å². The Balaban J connectivity index is 1.87. The summed E-state index contributed by atoms with van der Waals surface area (Å²) in [5.74, 6) is 0. The normalized spacial score (nSPS) is 11.4. The number of hydrogen-bond acceptors (Lipinski definition) is 5. The fraction of sp³-hybridized carbons (Fsp3) is 0.333.